The van der Waals surface area contributed by atoms with Gasteiger partial charge in [0.05, 0.1) is 0 Å². The van der Waals surface area contributed by atoms with E-state index in [0.29, 0.717) is 6.42 Å². The average molecular weight is 376 g/mol. The number of benzene rings is 2. The molecule has 0 aromatic heterocycles. The van der Waals surface area contributed by atoms with Crippen LogP contribution in [0, 0.1) is 20.8 Å². The summed E-state index contributed by atoms with van der Waals surface area (Å²) in [7, 11) is 0. The summed E-state index contributed by atoms with van der Waals surface area (Å²) in [5.74, 6) is 0.592. The molecule has 2 aromatic carbocycles. The van der Waals surface area contributed by atoms with Crippen LogP contribution in [0.15, 0.2) is 40.9 Å². The molecule has 0 radical (unpaired) electrons. The van der Waals surface area contributed by atoms with Gasteiger partial charge in [0.25, 0.3) is 5.91 Å². The van der Waals surface area contributed by atoms with E-state index < -0.39 is 6.10 Å². The second-order valence-corrected chi connectivity index (χ2v) is 6.57. The van der Waals surface area contributed by atoms with E-state index in [1.165, 1.54) is 5.56 Å². The normalized spacial score (nSPS) is 11.9. The molecule has 0 saturated heterocycles. The zero-order valence-corrected chi connectivity index (χ0v) is 15.5. The molecule has 1 atom stereocenters. The minimum absolute atomic E-state index is 0.132. The quantitative estimate of drug-likeness (QED) is 0.782. The van der Waals surface area contributed by atoms with E-state index in [9.17, 15) is 4.79 Å². The number of hydrogen-bond acceptors (Lipinski definition) is 2. The largest absolute Gasteiger partial charge is 0.481 e. The number of carbonyl (C=O) groups excluding carboxylic acids is 1. The van der Waals surface area contributed by atoms with Gasteiger partial charge < -0.3 is 10.1 Å². The maximum atomic E-state index is 12.4. The van der Waals surface area contributed by atoms with Crippen molar-refractivity contribution in [3.8, 4) is 5.75 Å². The zero-order valence-electron chi connectivity index (χ0n) is 13.9. The molecular weight excluding hydrogens is 354 g/mol. The first-order valence-electron chi connectivity index (χ1n) is 7.71. The molecule has 0 fully saturated rings. The summed E-state index contributed by atoms with van der Waals surface area (Å²) in [5, 5.41) is 2.92. The van der Waals surface area contributed by atoms with Crippen LogP contribution in [0.25, 0.3) is 0 Å². The third-order valence-electron chi connectivity index (χ3n) is 3.85. The molecule has 122 valence electrons. The van der Waals surface area contributed by atoms with Gasteiger partial charge in [-0.15, -0.1) is 0 Å². The Morgan fingerprint density at radius 2 is 1.83 bits per heavy atom. The molecule has 2 aromatic rings. The van der Waals surface area contributed by atoms with E-state index in [0.717, 1.165) is 27.0 Å². The second kappa shape index (κ2) is 7.64. The fourth-order valence-corrected chi connectivity index (χ4v) is 2.47. The lowest BCUT2D eigenvalue weighted by molar-refractivity contribution is -0.122. The van der Waals surface area contributed by atoms with Gasteiger partial charge in [-0.05, 0) is 74.2 Å². The number of rotatable bonds is 5. The summed E-state index contributed by atoms with van der Waals surface area (Å²) >= 11 is 3.46. The van der Waals surface area contributed by atoms with Gasteiger partial charge in [-0.3, -0.25) is 4.79 Å². The molecular formula is C19H22BrNO2. The van der Waals surface area contributed by atoms with Gasteiger partial charge in [-0.2, -0.15) is 0 Å². The van der Waals surface area contributed by atoms with E-state index >= 15 is 0 Å². The van der Waals surface area contributed by atoms with Crippen molar-refractivity contribution in [1.29, 1.82) is 0 Å². The van der Waals surface area contributed by atoms with Gasteiger partial charge in [0.2, 0.25) is 0 Å². The van der Waals surface area contributed by atoms with Crippen molar-refractivity contribution < 1.29 is 9.53 Å². The van der Waals surface area contributed by atoms with Crippen LogP contribution in [0.3, 0.4) is 0 Å². The molecule has 4 heteroatoms. The van der Waals surface area contributed by atoms with Gasteiger partial charge in [-0.25, -0.2) is 0 Å². The highest BCUT2D eigenvalue weighted by molar-refractivity contribution is 9.10. The molecule has 1 amide bonds. The van der Waals surface area contributed by atoms with Crippen LogP contribution >= 0.6 is 15.9 Å². The van der Waals surface area contributed by atoms with Crippen LogP contribution in [0.2, 0.25) is 0 Å². The molecule has 0 heterocycles. The van der Waals surface area contributed by atoms with Gasteiger partial charge in [0.1, 0.15) is 5.75 Å². The van der Waals surface area contributed by atoms with E-state index in [1.807, 2.05) is 57.2 Å². The molecule has 1 N–H and O–H groups in total. The summed E-state index contributed by atoms with van der Waals surface area (Å²) in [6, 6.07) is 11.6. The average Bonchev–Trinajstić information content (AvgIpc) is 2.52. The number of halogens is 1. The fraction of sp³-hybridized carbons (Fsp3) is 0.316. The zero-order chi connectivity index (χ0) is 17.0. The number of ether oxygens (including phenoxy) is 1. The lowest BCUT2D eigenvalue weighted by atomic mass is 10.1. The first kappa shape index (κ1) is 17.5. The van der Waals surface area contributed by atoms with Gasteiger partial charge in [-0.1, -0.05) is 28.9 Å². The van der Waals surface area contributed by atoms with Gasteiger partial charge >= 0.3 is 0 Å². The molecule has 0 aliphatic heterocycles. The lowest BCUT2D eigenvalue weighted by Gasteiger charge is -2.18. The predicted octanol–water partition coefficient (Wildman–Crippen LogP) is 5.17. The maximum absolute atomic E-state index is 12.4. The predicted molar refractivity (Wildman–Crippen MR) is 98.1 cm³/mol. The first-order valence-corrected chi connectivity index (χ1v) is 8.51. The Labute approximate surface area is 146 Å². The number of nitrogens with one attached hydrogen (secondary N) is 1. The summed E-state index contributed by atoms with van der Waals surface area (Å²) in [6.45, 7) is 8.02. The van der Waals surface area contributed by atoms with Crippen LogP contribution < -0.4 is 10.1 Å². The molecule has 0 aliphatic carbocycles. The molecule has 0 bridgehead atoms. The molecule has 23 heavy (non-hydrogen) atoms. The third-order valence-corrected chi connectivity index (χ3v) is 4.74. The fourth-order valence-electron chi connectivity index (χ4n) is 2.22. The van der Waals surface area contributed by atoms with E-state index in [2.05, 4.69) is 28.2 Å². The van der Waals surface area contributed by atoms with Crippen LogP contribution in [0.1, 0.15) is 30.0 Å². The molecule has 0 spiro atoms. The monoisotopic (exact) mass is 375 g/mol. The van der Waals surface area contributed by atoms with Crippen LogP contribution in [-0.4, -0.2) is 12.0 Å². The highest BCUT2D eigenvalue weighted by Crippen LogP contribution is 2.22. The molecule has 0 saturated carbocycles. The topological polar surface area (TPSA) is 38.3 Å². The van der Waals surface area contributed by atoms with Crippen molar-refractivity contribution in [3.05, 3.63) is 57.6 Å². The van der Waals surface area contributed by atoms with Crippen molar-refractivity contribution in [3.63, 3.8) is 0 Å². The maximum Gasteiger partial charge on any atom is 0.265 e. The van der Waals surface area contributed by atoms with Crippen molar-refractivity contribution in [1.82, 2.24) is 0 Å². The summed E-state index contributed by atoms with van der Waals surface area (Å²) in [4.78, 5) is 12.4. The number of hydrogen-bond donors (Lipinski definition) is 1. The Morgan fingerprint density at radius 1 is 1.09 bits per heavy atom. The summed E-state index contributed by atoms with van der Waals surface area (Å²) in [6.07, 6.45) is 0.0925. The van der Waals surface area contributed by atoms with E-state index in [1.54, 1.807) is 0 Å². The standard InChI is InChI=1S/C19H22BrNO2/c1-5-18(23-16-8-6-12(2)13(3)11-16)19(22)21-15-7-9-17(20)14(4)10-15/h6-11,18H,5H2,1-4H3,(H,21,22)/t18-/m1/s1. The number of anilines is 1. The highest BCUT2D eigenvalue weighted by atomic mass is 79.9. The number of carbonyl (C=O) groups is 1. The number of amides is 1. The summed E-state index contributed by atoms with van der Waals surface area (Å²) < 4.78 is 6.89. The Kier molecular flexibility index (Phi) is 5.83. The van der Waals surface area contributed by atoms with Gasteiger partial charge in [0.15, 0.2) is 6.10 Å². The van der Waals surface area contributed by atoms with E-state index in [4.69, 9.17) is 4.74 Å². The molecule has 2 rings (SSSR count). The van der Waals surface area contributed by atoms with E-state index in [-0.39, 0.29) is 5.91 Å². The molecule has 0 aliphatic rings. The Bertz CT molecular complexity index is 713. The molecule has 3 nitrogen and oxygen atoms in total. The number of aryl methyl sites for hydroxylation is 3. The minimum atomic E-state index is -0.513. The van der Waals surface area contributed by atoms with Crippen LogP contribution in [-0.2, 0) is 4.79 Å². The lowest BCUT2D eigenvalue weighted by Crippen LogP contribution is -2.32. The van der Waals surface area contributed by atoms with Crippen LogP contribution in [0.5, 0.6) is 5.75 Å². The van der Waals surface area contributed by atoms with Crippen molar-refractivity contribution >= 4 is 27.5 Å². The highest BCUT2D eigenvalue weighted by Gasteiger charge is 2.19. The Hall–Kier alpha value is -1.81. The van der Waals surface area contributed by atoms with Crippen molar-refractivity contribution in [2.24, 2.45) is 0 Å². The SMILES string of the molecule is CC[C@@H](Oc1ccc(C)c(C)c1)C(=O)Nc1ccc(Br)c(C)c1. The smallest absolute Gasteiger partial charge is 0.265 e. The Balaban J connectivity index is 2.08. The minimum Gasteiger partial charge on any atom is -0.481 e. The van der Waals surface area contributed by atoms with Crippen molar-refractivity contribution in [2.75, 3.05) is 5.32 Å². The van der Waals surface area contributed by atoms with Gasteiger partial charge in [0, 0.05) is 10.2 Å². The summed E-state index contributed by atoms with van der Waals surface area (Å²) in [5.41, 5.74) is 4.21. The second-order valence-electron chi connectivity index (χ2n) is 5.71. The van der Waals surface area contributed by atoms with Crippen molar-refractivity contribution in [2.45, 2.75) is 40.2 Å². The molecule has 0 unspecified atom stereocenters. The third kappa shape index (κ3) is 4.58. The van der Waals surface area contributed by atoms with Crippen LogP contribution in [0.4, 0.5) is 5.69 Å². The first-order chi connectivity index (χ1) is 10.9. The Morgan fingerprint density at radius 3 is 2.43 bits per heavy atom.